The molecule has 0 aromatic heterocycles. The molecule has 3 unspecified atom stereocenters. The summed E-state index contributed by atoms with van der Waals surface area (Å²) in [4.78, 5) is 12.9. The molecule has 0 spiro atoms. The van der Waals surface area contributed by atoms with Crippen LogP contribution in [0.25, 0.3) is 0 Å². The van der Waals surface area contributed by atoms with Gasteiger partial charge in [-0.15, -0.1) is 0 Å². The summed E-state index contributed by atoms with van der Waals surface area (Å²) < 4.78 is 5.62. The topological polar surface area (TPSA) is 139 Å². The van der Waals surface area contributed by atoms with Gasteiger partial charge in [-0.3, -0.25) is 4.79 Å². The van der Waals surface area contributed by atoms with E-state index in [0.29, 0.717) is 12.8 Å². The van der Waals surface area contributed by atoms with Crippen LogP contribution in [0.15, 0.2) is 0 Å². The van der Waals surface area contributed by atoms with Crippen LogP contribution in [0.5, 0.6) is 0 Å². The minimum Gasteiger partial charge on any atom is -0.394 e. The second kappa shape index (κ2) is 31.9. The molecule has 0 aromatic rings. The lowest BCUT2D eigenvalue weighted by molar-refractivity contribution is -0.234. The molecule has 0 aromatic carbocycles. The van der Waals surface area contributed by atoms with E-state index < -0.39 is 43.2 Å². The smallest absolute Gasteiger partial charge is 0.220 e. The molecule has 292 valence electrons. The van der Waals surface area contributed by atoms with Crippen molar-refractivity contribution in [2.75, 3.05) is 6.61 Å². The molecule has 1 rings (SSSR count). The van der Waals surface area contributed by atoms with Crippen molar-refractivity contribution in [2.45, 2.75) is 249 Å². The molecule has 0 aliphatic carbocycles. The van der Waals surface area contributed by atoms with Gasteiger partial charge in [-0.1, -0.05) is 174 Å². The third kappa shape index (κ3) is 24.2. The van der Waals surface area contributed by atoms with Crippen LogP contribution >= 0.6 is 0 Å². The molecule has 6 N–H and O–H groups in total. The molecular weight excluding hydrogens is 618 g/mol. The first-order valence-electron chi connectivity index (χ1n) is 21.1. The lowest BCUT2D eigenvalue weighted by atomic mass is 9.90. The third-order valence-corrected chi connectivity index (χ3v) is 10.6. The van der Waals surface area contributed by atoms with Crippen LogP contribution < -0.4 is 5.32 Å². The lowest BCUT2D eigenvalue weighted by Crippen LogP contribution is -2.59. The first kappa shape index (κ1) is 46.3. The van der Waals surface area contributed by atoms with Crippen LogP contribution in [0.2, 0.25) is 0 Å². The van der Waals surface area contributed by atoms with Crippen molar-refractivity contribution < 1.29 is 35.1 Å². The zero-order valence-electron chi connectivity index (χ0n) is 32.0. The summed E-state index contributed by atoms with van der Waals surface area (Å²) in [5.41, 5.74) is 0. The molecule has 7 atom stereocenters. The zero-order chi connectivity index (χ0) is 36.0. The van der Waals surface area contributed by atoms with Gasteiger partial charge in [0.05, 0.1) is 18.8 Å². The van der Waals surface area contributed by atoms with Crippen LogP contribution in [0.1, 0.15) is 206 Å². The molecule has 0 saturated carbocycles. The fraction of sp³-hybridized carbons (Fsp3) is 0.976. The summed E-state index contributed by atoms with van der Waals surface area (Å²) in [5.74, 6) is 0.0304. The maximum atomic E-state index is 12.9. The molecule has 1 aliphatic heterocycles. The summed E-state index contributed by atoms with van der Waals surface area (Å²) in [6.45, 7) is 4.03. The maximum absolute atomic E-state index is 12.9. The van der Waals surface area contributed by atoms with Crippen molar-refractivity contribution in [1.29, 1.82) is 0 Å². The van der Waals surface area contributed by atoms with Gasteiger partial charge in [-0.05, 0) is 19.3 Å². The monoisotopic (exact) mass is 700 g/mol. The zero-order valence-corrected chi connectivity index (χ0v) is 32.0. The van der Waals surface area contributed by atoms with Crippen LogP contribution in [-0.4, -0.2) is 80.7 Å². The van der Waals surface area contributed by atoms with Gasteiger partial charge in [0.2, 0.25) is 5.91 Å². The Morgan fingerprint density at radius 3 is 1.39 bits per heavy atom. The van der Waals surface area contributed by atoms with Gasteiger partial charge < -0.3 is 35.6 Å². The number of carbonyl (C=O) groups excluding carboxylic acids is 1. The Morgan fingerprint density at radius 2 is 0.959 bits per heavy atom. The van der Waals surface area contributed by atoms with Gasteiger partial charge in [-0.2, -0.15) is 0 Å². The summed E-state index contributed by atoms with van der Waals surface area (Å²) in [6.07, 6.45) is 27.7. The largest absolute Gasteiger partial charge is 0.394 e. The molecule has 1 saturated heterocycles. The predicted octanol–water partition coefficient (Wildman–Crippen LogP) is 8.42. The molecule has 0 bridgehead atoms. The molecule has 1 heterocycles. The van der Waals surface area contributed by atoms with Crippen molar-refractivity contribution in [3.63, 3.8) is 0 Å². The average molecular weight is 700 g/mol. The highest BCUT2D eigenvalue weighted by atomic mass is 16.5. The quantitative estimate of drug-likeness (QED) is 0.0371. The van der Waals surface area contributed by atoms with Gasteiger partial charge in [-0.25, -0.2) is 0 Å². The van der Waals surface area contributed by atoms with Crippen LogP contribution in [-0.2, 0) is 9.53 Å². The van der Waals surface area contributed by atoms with Crippen molar-refractivity contribution >= 4 is 5.91 Å². The van der Waals surface area contributed by atoms with Gasteiger partial charge in [0.25, 0.3) is 0 Å². The number of aliphatic hydroxyl groups is 5. The highest BCUT2D eigenvalue weighted by molar-refractivity contribution is 5.76. The summed E-state index contributed by atoms with van der Waals surface area (Å²) in [7, 11) is 0. The minimum atomic E-state index is -1.45. The number of ether oxygens (including phenoxy) is 1. The molecule has 8 nitrogen and oxygen atoms in total. The lowest BCUT2D eigenvalue weighted by Gasteiger charge is -2.40. The molecular formula is C41H81NO7. The first-order valence-corrected chi connectivity index (χ1v) is 21.1. The Morgan fingerprint density at radius 1 is 0.571 bits per heavy atom. The summed E-state index contributed by atoms with van der Waals surface area (Å²) in [6, 6.07) is -0.179. The van der Waals surface area contributed by atoms with Crippen molar-refractivity contribution in [2.24, 2.45) is 0 Å². The number of aliphatic hydroxyl groups excluding tert-OH is 5. The van der Waals surface area contributed by atoms with Crippen molar-refractivity contribution in [3.8, 4) is 0 Å². The Bertz CT molecular complexity index is 739. The second-order valence-corrected chi connectivity index (χ2v) is 15.3. The van der Waals surface area contributed by atoms with E-state index in [4.69, 9.17) is 4.74 Å². The number of amides is 1. The number of carbonyl (C=O) groups is 1. The number of nitrogens with one attached hydrogen (secondary N) is 1. The Kier molecular flexibility index (Phi) is 30.1. The normalized spacial score (nSPS) is 22.3. The molecule has 1 fully saturated rings. The molecule has 1 amide bonds. The standard InChI is InChI=1S/C41H81NO7/c1-3-5-7-9-11-13-15-17-19-21-23-25-27-29-34(31-35(44)32-36-39(46)41(48)40(47)37(33-43)49-36)42-38(45)30-28-26-24-22-20-18-16-14-12-10-8-6-4-2/h34-37,39-41,43-44,46-48H,3-33H2,1-2H3,(H,42,45)/t34?,35?,36?,37-,39+,40-,41-/m1/s1. The van der Waals surface area contributed by atoms with Crippen LogP contribution in [0.3, 0.4) is 0 Å². The van der Waals surface area contributed by atoms with Crippen molar-refractivity contribution in [3.05, 3.63) is 0 Å². The third-order valence-electron chi connectivity index (χ3n) is 10.6. The summed E-state index contributed by atoms with van der Waals surface area (Å²) >= 11 is 0. The van der Waals surface area contributed by atoms with E-state index in [1.807, 2.05) is 0 Å². The summed E-state index contributed by atoms with van der Waals surface area (Å²) in [5, 5.41) is 54.4. The fourth-order valence-electron chi connectivity index (χ4n) is 7.33. The molecule has 8 heteroatoms. The number of hydrogen-bond donors (Lipinski definition) is 6. The highest BCUT2D eigenvalue weighted by Gasteiger charge is 2.43. The number of unbranched alkanes of at least 4 members (excludes halogenated alkanes) is 24. The van der Waals surface area contributed by atoms with Gasteiger partial charge in [0.15, 0.2) is 0 Å². The van der Waals surface area contributed by atoms with E-state index in [1.54, 1.807) is 0 Å². The number of rotatable bonds is 34. The Balaban J connectivity index is 2.38. The molecule has 49 heavy (non-hydrogen) atoms. The van der Waals surface area contributed by atoms with Gasteiger partial charge in [0, 0.05) is 18.9 Å². The van der Waals surface area contributed by atoms with Gasteiger partial charge in [0.1, 0.15) is 24.4 Å². The maximum Gasteiger partial charge on any atom is 0.220 e. The Hall–Kier alpha value is -0.770. The van der Waals surface area contributed by atoms with E-state index in [2.05, 4.69) is 19.2 Å². The fourth-order valence-corrected chi connectivity index (χ4v) is 7.33. The second-order valence-electron chi connectivity index (χ2n) is 15.3. The SMILES string of the molecule is CCCCCCCCCCCCCCCC(=O)NC(CCCCCCCCCCCCCCC)CC(O)CC1O[C@H](CO)[C@@H](O)[C@H](O)[C@H]1O. The predicted molar refractivity (Wildman–Crippen MR) is 202 cm³/mol. The minimum absolute atomic E-state index is 0.0304. The van der Waals surface area contributed by atoms with E-state index >= 15 is 0 Å². The van der Waals surface area contributed by atoms with E-state index in [1.165, 1.54) is 141 Å². The first-order chi connectivity index (χ1) is 23.8. The van der Waals surface area contributed by atoms with E-state index in [-0.39, 0.29) is 18.4 Å². The van der Waals surface area contributed by atoms with Crippen molar-refractivity contribution in [1.82, 2.24) is 5.32 Å². The highest BCUT2D eigenvalue weighted by Crippen LogP contribution is 2.26. The van der Waals surface area contributed by atoms with Crippen LogP contribution in [0, 0.1) is 0 Å². The van der Waals surface area contributed by atoms with E-state index in [9.17, 15) is 30.3 Å². The number of hydrogen-bond acceptors (Lipinski definition) is 7. The van der Waals surface area contributed by atoms with E-state index in [0.717, 1.165) is 32.1 Å². The molecule has 1 aliphatic rings. The molecule has 0 radical (unpaired) electrons. The van der Waals surface area contributed by atoms with Crippen LogP contribution in [0.4, 0.5) is 0 Å². The van der Waals surface area contributed by atoms with Gasteiger partial charge >= 0.3 is 0 Å². The average Bonchev–Trinajstić information content (AvgIpc) is 3.09. The Labute approximate surface area is 301 Å².